The van der Waals surface area contributed by atoms with Gasteiger partial charge in [0.2, 0.25) is 0 Å². The number of rotatable bonds is 5. The highest BCUT2D eigenvalue weighted by Gasteiger charge is 2.17. The molecule has 0 aliphatic heterocycles. The van der Waals surface area contributed by atoms with Crippen LogP contribution in [0.15, 0.2) is 17.2 Å². The van der Waals surface area contributed by atoms with Crippen LogP contribution in [-0.4, -0.2) is 39.1 Å². The first-order chi connectivity index (χ1) is 7.36. The number of nitrogens with zero attached hydrogens (tertiary/aromatic N) is 2. The molecule has 1 rings (SSSR count). The highest BCUT2D eigenvalue weighted by molar-refractivity contribution is 7.89. The second-order valence-electron chi connectivity index (χ2n) is 3.80. The summed E-state index contributed by atoms with van der Waals surface area (Å²) in [5, 5.41) is 4.39. The van der Waals surface area contributed by atoms with Crippen LogP contribution in [-0.2, 0) is 23.6 Å². The molecule has 0 aliphatic carbocycles. The van der Waals surface area contributed by atoms with Crippen LogP contribution in [0.1, 0.15) is 5.69 Å². The van der Waals surface area contributed by atoms with Gasteiger partial charge in [0.25, 0.3) is 10.0 Å². The zero-order valence-corrected chi connectivity index (χ0v) is 10.8. The molecule has 0 amide bonds. The minimum Gasteiger partial charge on any atom is -0.352 e. The number of nitrogens with one attached hydrogen (secondary N) is 2. The molecule has 7 heteroatoms. The first kappa shape index (κ1) is 13.2. The molecule has 1 aromatic heterocycles. The van der Waals surface area contributed by atoms with Crippen LogP contribution < -0.4 is 10.1 Å². The maximum Gasteiger partial charge on any atom is 0.254 e. The smallest absolute Gasteiger partial charge is 0.254 e. The largest absolute Gasteiger partial charge is 0.352 e. The van der Waals surface area contributed by atoms with Gasteiger partial charge in [0, 0.05) is 39.6 Å². The minimum absolute atomic E-state index is 0.272. The second kappa shape index (κ2) is 4.96. The number of hydrogen-bond donors (Lipinski definition) is 2. The van der Waals surface area contributed by atoms with Gasteiger partial charge in [-0.05, 0) is 13.1 Å². The fourth-order valence-electron chi connectivity index (χ4n) is 1.37. The van der Waals surface area contributed by atoms with Crippen molar-refractivity contribution in [2.45, 2.75) is 11.4 Å². The summed E-state index contributed by atoms with van der Waals surface area (Å²) in [6.45, 7) is 0.633. The van der Waals surface area contributed by atoms with Gasteiger partial charge < -0.3 is 9.88 Å². The number of hydrazine groups is 1. The fraction of sp³-hybridized carbons (Fsp3) is 0.556. The van der Waals surface area contributed by atoms with Gasteiger partial charge in [-0.2, -0.15) is 0 Å². The van der Waals surface area contributed by atoms with Gasteiger partial charge >= 0.3 is 0 Å². The van der Waals surface area contributed by atoms with Gasteiger partial charge in [-0.25, -0.2) is 13.4 Å². The second-order valence-corrected chi connectivity index (χ2v) is 5.46. The van der Waals surface area contributed by atoms with Crippen molar-refractivity contribution in [1.82, 2.24) is 19.7 Å². The Hall–Kier alpha value is -0.890. The Balaban J connectivity index is 3.01. The normalized spacial score (nSPS) is 12.3. The van der Waals surface area contributed by atoms with Crippen LogP contribution in [0.3, 0.4) is 0 Å². The lowest BCUT2D eigenvalue weighted by atomic mass is 10.4. The van der Waals surface area contributed by atoms with E-state index < -0.39 is 10.0 Å². The van der Waals surface area contributed by atoms with E-state index in [0.29, 0.717) is 6.54 Å². The van der Waals surface area contributed by atoms with Crippen LogP contribution in [0.2, 0.25) is 0 Å². The van der Waals surface area contributed by atoms with Crippen molar-refractivity contribution in [3.8, 4) is 0 Å². The Kier molecular flexibility index (Phi) is 4.09. The van der Waals surface area contributed by atoms with Gasteiger partial charge in [0.1, 0.15) is 4.90 Å². The molecule has 0 radical (unpaired) electrons. The predicted octanol–water partition coefficient (Wildman–Crippen LogP) is -0.501. The monoisotopic (exact) mass is 246 g/mol. The van der Waals surface area contributed by atoms with Gasteiger partial charge in [-0.3, -0.25) is 0 Å². The predicted molar refractivity (Wildman–Crippen MR) is 62.2 cm³/mol. The van der Waals surface area contributed by atoms with E-state index in [-0.39, 0.29) is 4.90 Å². The van der Waals surface area contributed by atoms with Crippen LogP contribution in [0.4, 0.5) is 0 Å². The summed E-state index contributed by atoms with van der Waals surface area (Å²) in [6, 6.07) is 1.66. The van der Waals surface area contributed by atoms with Crippen LogP contribution >= 0.6 is 0 Å². The number of hydrogen-bond acceptors (Lipinski definition) is 4. The van der Waals surface area contributed by atoms with Crippen molar-refractivity contribution < 1.29 is 8.42 Å². The highest BCUT2D eigenvalue weighted by atomic mass is 32.2. The highest BCUT2D eigenvalue weighted by Crippen LogP contribution is 2.13. The molecule has 0 aromatic carbocycles. The molecule has 0 fully saturated rings. The maximum atomic E-state index is 11.8. The standard InChI is InChI=1S/C9H18N4O2S/c1-10-6-8-5-9(7-13(8)4)16(14,15)11-12(2)3/h5,7,10-11H,6H2,1-4H3. The van der Waals surface area contributed by atoms with Crippen LogP contribution in [0, 0.1) is 0 Å². The van der Waals surface area contributed by atoms with E-state index in [1.165, 1.54) is 5.01 Å². The van der Waals surface area contributed by atoms with Crippen molar-refractivity contribution in [2.24, 2.45) is 7.05 Å². The zero-order valence-electron chi connectivity index (χ0n) is 9.98. The summed E-state index contributed by atoms with van der Waals surface area (Å²) in [4.78, 5) is 2.66. The summed E-state index contributed by atoms with van der Waals surface area (Å²) in [5.41, 5.74) is 0.918. The third kappa shape index (κ3) is 3.05. The number of sulfonamides is 1. The molecule has 0 spiro atoms. The molecular formula is C9H18N4O2S. The van der Waals surface area contributed by atoms with Crippen molar-refractivity contribution in [3.63, 3.8) is 0 Å². The minimum atomic E-state index is -3.45. The summed E-state index contributed by atoms with van der Waals surface area (Å²) < 4.78 is 25.4. The van der Waals surface area contributed by atoms with E-state index >= 15 is 0 Å². The lowest BCUT2D eigenvalue weighted by Gasteiger charge is -2.10. The van der Waals surface area contributed by atoms with Gasteiger partial charge in [0.05, 0.1) is 0 Å². The fourth-order valence-corrected chi connectivity index (χ4v) is 2.55. The molecule has 0 atom stereocenters. The lowest BCUT2D eigenvalue weighted by molar-refractivity contribution is 0.364. The molecule has 0 saturated heterocycles. The van der Waals surface area contributed by atoms with E-state index in [1.54, 1.807) is 30.9 Å². The van der Waals surface area contributed by atoms with E-state index in [9.17, 15) is 8.42 Å². The molecular weight excluding hydrogens is 228 g/mol. The molecule has 0 saturated carbocycles. The Morgan fingerprint density at radius 1 is 1.44 bits per heavy atom. The molecule has 0 aliphatic rings. The SMILES string of the molecule is CNCc1cc(S(=O)(=O)NN(C)C)cn1C. The Labute approximate surface area is 96.3 Å². The van der Waals surface area contributed by atoms with Gasteiger partial charge in [0.15, 0.2) is 0 Å². The molecule has 1 aromatic rings. The Morgan fingerprint density at radius 3 is 2.56 bits per heavy atom. The molecule has 0 bridgehead atoms. The quantitative estimate of drug-likeness (QED) is 0.687. The van der Waals surface area contributed by atoms with Crippen LogP contribution in [0.5, 0.6) is 0 Å². The van der Waals surface area contributed by atoms with E-state index in [1.807, 2.05) is 14.1 Å². The zero-order chi connectivity index (χ0) is 12.3. The van der Waals surface area contributed by atoms with Crippen molar-refractivity contribution in [2.75, 3.05) is 21.1 Å². The van der Waals surface area contributed by atoms with Crippen molar-refractivity contribution in [3.05, 3.63) is 18.0 Å². The molecule has 0 unspecified atom stereocenters. The molecule has 6 nitrogen and oxygen atoms in total. The Morgan fingerprint density at radius 2 is 2.06 bits per heavy atom. The third-order valence-corrected chi connectivity index (χ3v) is 3.50. The van der Waals surface area contributed by atoms with Gasteiger partial charge in [-0.1, -0.05) is 0 Å². The molecule has 1 heterocycles. The number of aryl methyl sites for hydroxylation is 1. The summed E-state index contributed by atoms with van der Waals surface area (Å²) in [5.74, 6) is 0. The lowest BCUT2D eigenvalue weighted by Crippen LogP contribution is -2.35. The summed E-state index contributed by atoms with van der Waals surface area (Å²) >= 11 is 0. The number of aromatic nitrogens is 1. The molecule has 2 N–H and O–H groups in total. The first-order valence-electron chi connectivity index (χ1n) is 4.86. The van der Waals surface area contributed by atoms with E-state index in [2.05, 4.69) is 10.1 Å². The van der Waals surface area contributed by atoms with Gasteiger partial charge in [-0.15, -0.1) is 4.83 Å². The molecule has 92 valence electrons. The topological polar surface area (TPSA) is 66.4 Å². The average Bonchev–Trinajstić information content (AvgIpc) is 2.47. The Bertz CT molecular complexity index is 450. The van der Waals surface area contributed by atoms with E-state index in [0.717, 1.165) is 5.69 Å². The maximum absolute atomic E-state index is 11.8. The first-order valence-corrected chi connectivity index (χ1v) is 6.34. The van der Waals surface area contributed by atoms with Crippen molar-refractivity contribution in [1.29, 1.82) is 0 Å². The third-order valence-electron chi connectivity index (χ3n) is 2.05. The van der Waals surface area contributed by atoms with Crippen LogP contribution in [0.25, 0.3) is 0 Å². The molecule has 16 heavy (non-hydrogen) atoms. The summed E-state index contributed by atoms with van der Waals surface area (Å²) in [7, 11) is 3.46. The average molecular weight is 246 g/mol. The van der Waals surface area contributed by atoms with Crippen molar-refractivity contribution >= 4 is 10.0 Å². The van der Waals surface area contributed by atoms with E-state index in [4.69, 9.17) is 0 Å². The summed E-state index contributed by atoms with van der Waals surface area (Å²) in [6.07, 6.45) is 1.60.